The van der Waals surface area contributed by atoms with E-state index in [0.29, 0.717) is 11.3 Å². The summed E-state index contributed by atoms with van der Waals surface area (Å²) in [5.41, 5.74) is 0.378. The first-order valence-electron chi connectivity index (χ1n) is 6.27. The van der Waals surface area contributed by atoms with Gasteiger partial charge < -0.3 is 15.4 Å². The Bertz CT molecular complexity index is 722. The number of amides is 1. The van der Waals surface area contributed by atoms with Gasteiger partial charge in [0.05, 0.1) is 0 Å². The molecule has 1 aromatic heterocycles. The van der Waals surface area contributed by atoms with Gasteiger partial charge in [-0.3, -0.25) is 9.59 Å². The highest BCUT2D eigenvalue weighted by molar-refractivity contribution is 5.96. The van der Waals surface area contributed by atoms with Crippen LogP contribution in [-0.2, 0) is 4.79 Å². The van der Waals surface area contributed by atoms with E-state index in [9.17, 15) is 19.5 Å². The summed E-state index contributed by atoms with van der Waals surface area (Å²) in [6.07, 6.45) is 0. The molecule has 0 saturated carbocycles. The van der Waals surface area contributed by atoms with Crippen LogP contribution in [0.1, 0.15) is 27.7 Å². The Morgan fingerprint density at radius 1 is 1.14 bits per heavy atom. The number of carboxylic acid groups (broad SMARTS) is 1. The third-order valence-electron chi connectivity index (χ3n) is 2.96. The number of carbonyl (C=O) groups is 2. The lowest BCUT2D eigenvalue weighted by atomic mass is 10.1. The van der Waals surface area contributed by atoms with E-state index in [1.807, 2.05) is 0 Å². The van der Waals surface area contributed by atoms with E-state index in [1.54, 1.807) is 43.3 Å². The molecule has 0 aliphatic rings. The van der Waals surface area contributed by atoms with Gasteiger partial charge in [0.25, 0.3) is 11.5 Å². The summed E-state index contributed by atoms with van der Waals surface area (Å²) in [6, 6.07) is 10.0. The van der Waals surface area contributed by atoms with Crippen molar-refractivity contribution in [2.75, 3.05) is 0 Å². The first-order chi connectivity index (χ1) is 9.99. The number of hydrogen-bond donors (Lipinski definition) is 3. The molecule has 1 aromatic carbocycles. The number of aromatic nitrogens is 1. The lowest BCUT2D eigenvalue weighted by Crippen LogP contribution is -2.36. The number of carbonyl (C=O) groups excluding carboxylic acids is 1. The van der Waals surface area contributed by atoms with Gasteiger partial charge in [-0.1, -0.05) is 30.3 Å². The van der Waals surface area contributed by atoms with E-state index >= 15 is 0 Å². The fraction of sp³-hybridized carbons (Fsp3) is 0.133. The molecule has 108 valence electrons. The lowest BCUT2D eigenvalue weighted by Gasteiger charge is -2.14. The summed E-state index contributed by atoms with van der Waals surface area (Å²) in [4.78, 5) is 37.6. The van der Waals surface area contributed by atoms with Crippen LogP contribution >= 0.6 is 0 Å². The number of nitrogens with one attached hydrogen (secondary N) is 2. The van der Waals surface area contributed by atoms with Gasteiger partial charge >= 0.3 is 5.97 Å². The van der Waals surface area contributed by atoms with E-state index in [-0.39, 0.29) is 5.56 Å². The van der Waals surface area contributed by atoms with E-state index < -0.39 is 23.5 Å². The summed E-state index contributed by atoms with van der Waals surface area (Å²) in [5, 5.41) is 11.6. The average molecular weight is 286 g/mol. The maximum atomic E-state index is 12.1. The highest BCUT2D eigenvalue weighted by Gasteiger charge is 2.23. The van der Waals surface area contributed by atoms with E-state index in [0.717, 1.165) is 0 Å². The van der Waals surface area contributed by atoms with Crippen molar-refractivity contribution in [2.45, 2.75) is 13.0 Å². The van der Waals surface area contributed by atoms with Gasteiger partial charge in [0.15, 0.2) is 6.04 Å². The first-order valence-corrected chi connectivity index (χ1v) is 6.27. The Labute approximate surface area is 120 Å². The summed E-state index contributed by atoms with van der Waals surface area (Å²) < 4.78 is 0. The zero-order valence-electron chi connectivity index (χ0n) is 11.3. The van der Waals surface area contributed by atoms with E-state index in [2.05, 4.69) is 10.3 Å². The molecule has 0 bridgehead atoms. The number of aryl methyl sites for hydroxylation is 1. The molecule has 0 fully saturated rings. The summed E-state index contributed by atoms with van der Waals surface area (Å²) >= 11 is 0. The molecule has 0 aliphatic carbocycles. The summed E-state index contributed by atoms with van der Waals surface area (Å²) in [5.74, 6) is -1.93. The van der Waals surface area contributed by atoms with Gasteiger partial charge in [-0.05, 0) is 24.6 Å². The molecule has 2 aromatic rings. The van der Waals surface area contributed by atoms with Gasteiger partial charge in [-0.15, -0.1) is 0 Å². The van der Waals surface area contributed by atoms with Crippen LogP contribution in [0.3, 0.4) is 0 Å². The van der Waals surface area contributed by atoms with Crippen molar-refractivity contribution in [1.29, 1.82) is 0 Å². The minimum Gasteiger partial charge on any atom is -0.479 e. The predicted molar refractivity (Wildman–Crippen MR) is 76.1 cm³/mol. The second-order valence-corrected chi connectivity index (χ2v) is 4.54. The Morgan fingerprint density at radius 2 is 1.81 bits per heavy atom. The van der Waals surface area contributed by atoms with Gasteiger partial charge in [-0.25, -0.2) is 4.79 Å². The average Bonchev–Trinajstić information content (AvgIpc) is 2.45. The van der Waals surface area contributed by atoms with Gasteiger partial charge in [0.1, 0.15) is 5.56 Å². The fourth-order valence-corrected chi connectivity index (χ4v) is 1.89. The first kappa shape index (κ1) is 14.5. The number of hydrogen-bond acceptors (Lipinski definition) is 3. The number of benzene rings is 1. The third-order valence-corrected chi connectivity index (χ3v) is 2.96. The van der Waals surface area contributed by atoms with Crippen LogP contribution in [0.5, 0.6) is 0 Å². The van der Waals surface area contributed by atoms with Gasteiger partial charge in [0, 0.05) is 5.69 Å². The van der Waals surface area contributed by atoms with Crippen LogP contribution in [-0.4, -0.2) is 22.0 Å². The van der Waals surface area contributed by atoms with Gasteiger partial charge in [0.2, 0.25) is 0 Å². The van der Waals surface area contributed by atoms with Crippen molar-refractivity contribution < 1.29 is 14.7 Å². The van der Waals surface area contributed by atoms with Crippen molar-refractivity contribution in [3.63, 3.8) is 0 Å². The highest BCUT2D eigenvalue weighted by Crippen LogP contribution is 2.13. The molecule has 1 amide bonds. The molecule has 1 atom stereocenters. The molecule has 3 N–H and O–H groups in total. The third kappa shape index (κ3) is 3.36. The van der Waals surface area contributed by atoms with Crippen LogP contribution in [0.2, 0.25) is 0 Å². The monoisotopic (exact) mass is 286 g/mol. The van der Waals surface area contributed by atoms with Crippen LogP contribution in [0.25, 0.3) is 0 Å². The second kappa shape index (κ2) is 6.04. The molecule has 1 unspecified atom stereocenters. The molecular formula is C15H14N2O4. The SMILES string of the molecule is Cc1ccc(C(=O)NC(C(=O)O)c2ccccc2)c(=O)[nH]1. The Balaban J connectivity index is 2.27. The Morgan fingerprint density at radius 3 is 2.38 bits per heavy atom. The Kier molecular flexibility index (Phi) is 4.18. The molecule has 0 radical (unpaired) electrons. The predicted octanol–water partition coefficient (Wildman–Crippen LogP) is 1.24. The second-order valence-electron chi connectivity index (χ2n) is 4.54. The number of aliphatic carboxylic acids is 1. The smallest absolute Gasteiger partial charge is 0.330 e. The van der Waals surface area contributed by atoms with Crippen LogP contribution < -0.4 is 10.9 Å². The molecule has 0 saturated heterocycles. The number of carboxylic acids is 1. The van der Waals surface area contributed by atoms with Gasteiger partial charge in [-0.2, -0.15) is 0 Å². The van der Waals surface area contributed by atoms with Crippen LogP contribution in [0.4, 0.5) is 0 Å². The highest BCUT2D eigenvalue weighted by atomic mass is 16.4. The lowest BCUT2D eigenvalue weighted by molar-refractivity contribution is -0.139. The molecule has 6 heteroatoms. The molecule has 1 heterocycles. The molecule has 21 heavy (non-hydrogen) atoms. The molecule has 0 spiro atoms. The molecule has 2 rings (SSSR count). The maximum Gasteiger partial charge on any atom is 0.330 e. The normalized spacial score (nSPS) is 11.7. The molecular weight excluding hydrogens is 272 g/mol. The quantitative estimate of drug-likeness (QED) is 0.787. The van der Waals surface area contributed by atoms with Crippen molar-refractivity contribution in [3.8, 4) is 0 Å². The number of aromatic amines is 1. The topological polar surface area (TPSA) is 99.3 Å². The minimum atomic E-state index is -1.21. The minimum absolute atomic E-state index is 0.122. The summed E-state index contributed by atoms with van der Waals surface area (Å²) in [7, 11) is 0. The zero-order valence-corrected chi connectivity index (χ0v) is 11.3. The van der Waals surface area contributed by atoms with Crippen molar-refractivity contribution in [3.05, 3.63) is 69.6 Å². The molecule has 0 aliphatic heterocycles. The molecule has 6 nitrogen and oxygen atoms in total. The largest absolute Gasteiger partial charge is 0.479 e. The number of pyridine rings is 1. The van der Waals surface area contributed by atoms with Crippen molar-refractivity contribution >= 4 is 11.9 Å². The zero-order chi connectivity index (χ0) is 15.4. The van der Waals surface area contributed by atoms with Crippen LogP contribution in [0, 0.1) is 6.92 Å². The number of rotatable bonds is 4. The van der Waals surface area contributed by atoms with Crippen molar-refractivity contribution in [1.82, 2.24) is 10.3 Å². The van der Waals surface area contributed by atoms with Crippen molar-refractivity contribution in [2.24, 2.45) is 0 Å². The maximum absolute atomic E-state index is 12.1. The van der Waals surface area contributed by atoms with E-state index in [1.165, 1.54) is 6.07 Å². The number of H-pyrrole nitrogens is 1. The van der Waals surface area contributed by atoms with E-state index in [4.69, 9.17) is 0 Å². The Hall–Kier alpha value is -2.89. The standard InChI is InChI=1S/C15H14N2O4/c1-9-7-8-11(13(18)16-9)14(19)17-12(15(20)21)10-5-3-2-4-6-10/h2-8,12H,1H3,(H,16,18)(H,17,19)(H,20,21). The van der Waals surface area contributed by atoms with Crippen LogP contribution in [0.15, 0.2) is 47.3 Å². The fourth-order valence-electron chi connectivity index (χ4n) is 1.89. The summed E-state index contributed by atoms with van der Waals surface area (Å²) in [6.45, 7) is 1.69.